The van der Waals surface area contributed by atoms with Crippen molar-refractivity contribution in [2.45, 2.75) is 44.8 Å². The average Bonchev–Trinajstić information content (AvgIpc) is 3.11. The van der Waals surface area contributed by atoms with Gasteiger partial charge in [-0.1, -0.05) is 12.2 Å². The first-order valence-electron chi connectivity index (χ1n) is 6.15. The molecule has 96 valence electrons. The lowest BCUT2D eigenvalue weighted by molar-refractivity contribution is -0.142. The van der Waals surface area contributed by atoms with Gasteiger partial charge in [0.25, 0.3) is 0 Å². The molecular formula is C14H22O3. The first kappa shape index (κ1) is 14.0. The Kier molecular flexibility index (Phi) is 5.42. The van der Waals surface area contributed by atoms with Gasteiger partial charge in [-0.2, -0.15) is 0 Å². The zero-order valence-corrected chi connectivity index (χ0v) is 10.5. The summed E-state index contributed by atoms with van der Waals surface area (Å²) in [4.78, 5) is 10.4. The average molecular weight is 238 g/mol. The van der Waals surface area contributed by atoms with E-state index < -0.39 is 0 Å². The van der Waals surface area contributed by atoms with Crippen LogP contribution < -0.4 is 0 Å². The molecule has 0 aliphatic heterocycles. The summed E-state index contributed by atoms with van der Waals surface area (Å²) < 4.78 is 4.94. The molecule has 2 rings (SSSR count). The Morgan fingerprint density at radius 2 is 1.82 bits per heavy atom. The summed E-state index contributed by atoms with van der Waals surface area (Å²) in [6, 6.07) is 0. The van der Waals surface area contributed by atoms with Crippen LogP contribution in [0.4, 0.5) is 0 Å². The Hall–Kier alpha value is -1.09. The quantitative estimate of drug-likeness (QED) is 0.591. The Bertz CT molecular complexity index is 285. The lowest BCUT2D eigenvalue weighted by atomic mass is 10.3. The summed E-state index contributed by atoms with van der Waals surface area (Å²) in [6.07, 6.45) is 7.89. The third-order valence-electron chi connectivity index (χ3n) is 3.00. The maximum absolute atomic E-state index is 10.4. The van der Waals surface area contributed by atoms with Crippen LogP contribution in [0.2, 0.25) is 0 Å². The van der Waals surface area contributed by atoms with Crippen molar-refractivity contribution in [1.82, 2.24) is 0 Å². The molecule has 0 spiro atoms. The number of esters is 1. The largest absolute Gasteiger partial charge is 0.462 e. The molecule has 2 fully saturated rings. The second-order valence-corrected chi connectivity index (χ2v) is 4.76. The van der Waals surface area contributed by atoms with Crippen LogP contribution in [-0.2, 0) is 9.53 Å². The van der Waals surface area contributed by atoms with Gasteiger partial charge in [0.15, 0.2) is 0 Å². The van der Waals surface area contributed by atoms with Crippen molar-refractivity contribution in [1.29, 1.82) is 0 Å². The Morgan fingerprint density at radius 3 is 2.18 bits per heavy atom. The number of allylic oxidation sites excluding steroid dienone is 2. The second-order valence-electron chi connectivity index (χ2n) is 4.76. The number of ether oxygens (including phenoxy) is 1. The molecule has 2 aliphatic carbocycles. The van der Waals surface area contributed by atoms with Crippen LogP contribution in [-0.4, -0.2) is 23.3 Å². The van der Waals surface area contributed by atoms with Gasteiger partial charge in [-0.25, -0.2) is 0 Å². The van der Waals surface area contributed by atoms with Crippen LogP contribution in [0.5, 0.6) is 0 Å². The van der Waals surface area contributed by atoms with E-state index in [9.17, 15) is 4.79 Å². The van der Waals surface area contributed by atoms with E-state index in [4.69, 9.17) is 9.84 Å². The van der Waals surface area contributed by atoms with Crippen LogP contribution in [0.15, 0.2) is 25.3 Å². The summed E-state index contributed by atoms with van der Waals surface area (Å²) in [5.74, 6) is 0.940. The summed E-state index contributed by atoms with van der Waals surface area (Å²) in [5, 5.41) is 8.71. The van der Waals surface area contributed by atoms with Crippen molar-refractivity contribution in [2.24, 2.45) is 11.8 Å². The van der Waals surface area contributed by atoms with Crippen molar-refractivity contribution in [3.63, 3.8) is 0 Å². The van der Waals surface area contributed by atoms with Crippen LogP contribution in [0.3, 0.4) is 0 Å². The molecule has 4 unspecified atom stereocenters. The fourth-order valence-corrected chi connectivity index (χ4v) is 1.74. The molecule has 0 aromatic heterocycles. The van der Waals surface area contributed by atoms with E-state index >= 15 is 0 Å². The number of rotatable bonds is 5. The highest BCUT2D eigenvalue weighted by molar-refractivity contribution is 5.66. The van der Waals surface area contributed by atoms with E-state index in [0.29, 0.717) is 11.8 Å². The summed E-state index contributed by atoms with van der Waals surface area (Å²) in [7, 11) is 0. The summed E-state index contributed by atoms with van der Waals surface area (Å²) in [6.45, 7) is 8.63. The minimum absolute atomic E-state index is 0.00185. The smallest absolute Gasteiger partial charge is 0.302 e. The molecule has 0 heterocycles. The monoisotopic (exact) mass is 238 g/mol. The van der Waals surface area contributed by atoms with Crippen molar-refractivity contribution < 1.29 is 14.6 Å². The van der Waals surface area contributed by atoms with Crippen LogP contribution in [0.25, 0.3) is 0 Å². The van der Waals surface area contributed by atoms with E-state index in [1.807, 2.05) is 12.2 Å². The third-order valence-corrected chi connectivity index (χ3v) is 3.00. The number of carbonyl (C=O) groups is 1. The molecule has 3 nitrogen and oxygen atoms in total. The molecule has 2 aliphatic rings. The molecule has 4 atom stereocenters. The zero-order chi connectivity index (χ0) is 12.8. The molecule has 0 amide bonds. The van der Waals surface area contributed by atoms with Gasteiger partial charge < -0.3 is 9.84 Å². The van der Waals surface area contributed by atoms with E-state index in [-0.39, 0.29) is 18.2 Å². The predicted molar refractivity (Wildman–Crippen MR) is 67.4 cm³/mol. The minimum Gasteiger partial charge on any atom is -0.462 e. The van der Waals surface area contributed by atoms with Crippen LogP contribution >= 0.6 is 0 Å². The highest BCUT2D eigenvalue weighted by Crippen LogP contribution is 2.36. The van der Waals surface area contributed by atoms with Gasteiger partial charge in [0.1, 0.15) is 6.10 Å². The molecule has 0 aromatic carbocycles. The minimum atomic E-state index is -0.170. The van der Waals surface area contributed by atoms with Gasteiger partial charge in [-0.15, -0.1) is 13.2 Å². The van der Waals surface area contributed by atoms with Gasteiger partial charge in [0.05, 0.1) is 6.10 Å². The Labute approximate surface area is 103 Å². The number of aliphatic hydroxyl groups is 1. The van der Waals surface area contributed by atoms with E-state index in [1.165, 1.54) is 6.92 Å². The fourth-order valence-electron chi connectivity index (χ4n) is 1.74. The number of aliphatic hydroxyl groups excluding tert-OH is 1. The van der Waals surface area contributed by atoms with E-state index in [2.05, 4.69) is 13.2 Å². The fraction of sp³-hybridized carbons (Fsp3) is 0.643. The van der Waals surface area contributed by atoms with Crippen LogP contribution in [0, 0.1) is 11.8 Å². The van der Waals surface area contributed by atoms with E-state index in [1.54, 1.807) is 0 Å². The van der Waals surface area contributed by atoms with Gasteiger partial charge >= 0.3 is 5.97 Å². The third kappa shape index (κ3) is 5.68. The SMILES string of the molecule is C=CCC1CC1O.C=CCC1CC1OC(C)=O. The summed E-state index contributed by atoms with van der Waals surface area (Å²) >= 11 is 0. The lowest BCUT2D eigenvalue weighted by Gasteiger charge is -1.96. The van der Waals surface area contributed by atoms with Gasteiger partial charge in [0.2, 0.25) is 0 Å². The van der Waals surface area contributed by atoms with Gasteiger partial charge in [-0.3, -0.25) is 4.79 Å². The van der Waals surface area contributed by atoms with Crippen molar-refractivity contribution in [3.05, 3.63) is 25.3 Å². The van der Waals surface area contributed by atoms with Crippen molar-refractivity contribution in [2.75, 3.05) is 0 Å². The van der Waals surface area contributed by atoms with Crippen molar-refractivity contribution in [3.8, 4) is 0 Å². The normalized spacial score (nSPS) is 32.8. The first-order valence-corrected chi connectivity index (χ1v) is 6.15. The molecule has 0 bridgehead atoms. The molecule has 3 heteroatoms. The molecule has 0 aromatic rings. The molecule has 1 N–H and O–H groups in total. The number of hydrogen-bond donors (Lipinski definition) is 1. The molecule has 0 saturated heterocycles. The Balaban J connectivity index is 0.000000181. The van der Waals surface area contributed by atoms with Gasteiger partial charge in [0, 0.05) is 12.8 Å². The predicted octanol–water partition coefficient (Wildman–Crippen LogP) is 2.46. The second kappa shape index (κ2) is 6.60. The molecule has 17 heavy (non-hydrogen) atoms. The first-order chi connectivity index (χ1) is 8.08. The molecule has 0 radical (unpaired) electrons. The summed E-state index contributed by atoms with van der Waals surface area (Å²) in [5.41, 5.74) is 0. The molecular weight excluding hydrogens is 216 g/mol. The highest BCUT2D eigenvalue weighted by atomic mass is 16.5. The lowest BCUT2D eigenvalue weighted by Crippen LogP contribution is -2.02. The Morgan fingerprint density at radius 1 is 1.29 bits per heavy atom. The number of carbonyl (C=O) groups excluding carboxylic acids is 1. The van der Waals surface area contributed by atoms with Crippen LogP contribution in [0.1, 0.15) is 32.6 Å². The standard InChI is InChI=1S/C8H12O2.C6H10O/c1-3-4-7-5-8(7)10-6(2)9;1-2-3-5-4-6(5)7/h3,7-8H,1,4-5H2,2H3;2,5-7H,1,3-4H2. The molecule has 2 saturated carbocycles. The van der Waals surface area contributed by atoms with Crippen molar-refractivity contribution >= 4 is 5.97 Å². The van der Waals surface area contributed by atoms with Gasteiger partial charge in [-0.05, 0) is 31.6 Å². The van der Waals surface area contributed by atoms with E-state index in [0.717, 1.165) is 25.7 Å². The highest BCUT2D eigenvalue weighted by Gasteiger charge is 2.38. The topological polar surface area (TPSA) is 46.5 Å². The maximum atomic E-state index is 10.4. The zero-order valence-electron chi connectivity index (χ0n) is 10.5. The number of hydrogen-bond acceptors (Lipinski definition) is 3. The maximum Gasteiger partial charge on any atom is 0.302 e.